The molecular weight excluding hydrogens is 436 g/mol. The number of hydrogen-bond donors (Lipinski definition) is 2. The highest BCUT2D eigenvalue weighted by atomic mass is 16.5. The Labute approximate surface area is 198 Å². The maximum atomic E-state index is 11.7. The smallest absolute Gasteiger partial charge is 0.375 e. The number of aromatic carboxylic acids is 1. The van der Waals surface area contributed by atoms with E-state index in [4.69, 9.17) is 13.9 Å². The van der Waals surface area contributed by atoms with Gasteiger partial charge in [-0.15, -0.1) is 6.58 Å². The highest BCUT2D eigenvalue weighted by molar-refractivity contribution is 5.99. The van der Waals surface area contributed by atoms with Gasteiger partial charge in [-0.3, -0.25) is 4.79 Å². The number of allylic oxidation sites excluding steroid dienone is 1. The molecule has 0 spiro atoms. The van der Waals surface area contributed by atoms with Crippen LogP contribution in [0.2, 0.25) is 0 Å². The van der Waals surface area contributed by atoms with E-state index in [2.05, 4.69) is 6.58 Å². The van der Waals surface area contributed by atoms with Crippen molar-refractivity contribution in [3.05, 3.63) is 64.9 Å². The van der Waals surface area contributed by atoms with Crippen molar-refractivity contribution in [2.24, 2.45) is 0 Å². The molecule has 180 valence electrons. The first-order valence-corrected chi connectivity index (χ1v) is 11.3. The van der Waals surface area contributed by atoms with Crippen molar-refractivity contribution >= 4 is 22.7 Å². The molecule has 0 unspecified atom stereocenters. The van der Waals surface area contributed by atoms with Gasteiger partial charge in [0.2, 0.25) is 0 Å². The third kappa shape index (κ3) is 5.25. The van der Waals surface area contributed by atoms with Crippen LogP contribution >= 0.6 is 0 Å². The molecule has 1 aromatic heterocycles. The van der Waals surface area contributed by atoms with Crippen LogP contribution in [-0.2, 0) is 12.8 Å². The molecule has 0 saturated carbocycles. The molecule has 0 aliphatic rings. The van der Waals surface area contributed by atoms with Crippen LogP contribution in [0, 0.1) is 6.92 Å². The van der Waals surface area contributed by atoms with Crippen molar-refractivity contribution < 1.29 is 33.7 Å². The van der Waals surface area contributed by atoms with E-state index in [0.717, 1.165) is 17.5 Å². The van der Waals surface area contributed by atoms with E-state index >= 15 is 0 Å². The Bertz CT molecular complexity index is 1220. The van der Waals surface area contributed by atoms with Crippen LogP contribution in [0.4, 0.5) is 0 Å². The molecule has 2 N–H and O–H groups in total. The predicted molar refractivity (Wildman–Crippen MR) is 130 cm³/mol. The molecule has 0 amide bonds. The molecule has 3 rings (SSSR count). The molecule has 2 aromatic carbocycles. The Morgan fingerprint density at radius 1 is 1.18 bits per heavy atom. The summed E-state index contributed by atoms with van der Waals surface area (Å²) in [7, 11) is 0. The lowest BCUT2D eigenvalue weighted by Crippen LogP contribution is -2.08. The molecule has 0 aliphatic heterocycles. The maximum absolute atomic E-state index is 11.7. The number of rotatable bonds is 12. The van der Waals surface area contributed by atoms with Crippen molar-refractivity contribution in [2.45, 2.75) is 46.5 Å². The molecular formula is C27H30O7. The third-order valence-corrected chi connectivity index (χ3v) is 5.48. The molecule has 0 radical (unpaired) electrons. The quantitative estimate of drug-likeness (QED) is 0.195. The summed E-state index contributed by atoms with van der Waals surface area (Å²) in [5, 5.41) is 20.7. The third-order valence-electron chi connectivity index (χ3n) is 5.48. The minimum Gasteiger partial charge on any atom is -0.507 e. The van der Waals surface area contributed by atoms with Gasteiger partial charge in [-0.1, -0.05) is 25.5 Å². The van der Waals surface area contributed by atoms with Crippen molar-refractivity contribution in [1.82, 2.24) is 0 Å². The molecule has 7 heteroatoms. The summed E-state index contributed by atoms with van der Waals surface area (Å²) in [6.45, 7) is 9.51. The van der Waals surface area contributed by atoms with Gasteiger partial charge in [0, 0.05) is 12.0 Å². The van der Waals surface area contributed by atoms with Crippen LogP contribution in [0.15, 0.2) is 41.3 Å². The number of carboxylic acid groups (broad SMARTS) is 1. The summed E-state index contributed by atoms with van der Waals surface area (Å²) >= 11 is 0. The highest BCUT2D eigenvalue weighted by Crippen LogP contribution is 2.36. The second kappa shape index (κ2) is 10.9. The van der Waals surface area contributed by atoms with E-state index in [0.29, 0.717) is 41.5 Å². The fourth-order valence-electron chi connectivity index (χ4n) is 3.94. The number of fused-ring (bicyclic) bond motifs is 1. The first kappa shape index (κ1) is 24.9. The summed E-state index contributed by atoms with van der Waals surface area (Å²) in [4.78, 5) is 23.5. The average molecular weight is 467 g/mol. The summed E-state index contributed by atoms with van der Waals surface area (Å²) < 4.78 is 17.3. The van der Waals surface area contributed by atoms with Crippen LogP contribution in [0.1, 0.15) is 64.3 Å². The Balaban J connectivity index is 1.73. The minimum absolute atomic E-state index is 0.0373. The van der Waals surface area contributed by atoms with Gasteiger partial charge >= 0.3 is 5.97 Å². The number of carbonyl (C=O) groups is 2. The zero-order valence-electron chi connectivity index (χ0n) is 19.8. The summed E-state index contributed by atoms with van der Waals surface area (Å²) in [5.41, 5.74) is 3.19. The van der Waals surface area contributed by atoms with E-state index in [9.17, 15) is 19.8 Å². The standard InChI is InChI=1S/C27H30O7/c1-5-8-18-14-16(3)24-21(15-18)25(26(34-24)27(30)31)33-13-7-12-32-22-11-10-19(17(4)28)23(29)20(22)9-6-2/h5,10-11,14-15,29H,1,6-9,12-13H2,2-4H3,(H,30,31). The summed E-state index contributed by atoms with van der Waals surface area (Å²) in [5.74, 6) is -0.949. The van der Waals surface area contributed by atoms with E-state index in [-0.39, 0.29) is 41.8 Å². The second-order valence-electron chi connectivity index (χ2n) is 8.14. The second-order valence-corrected chi connectivity index (χ2v) is 8.14. The summed E-state index contributed by atoms with van der Waals surface area (Å²) in [6.07, 6.45) is 4.26. The zero-order chi connectivity index (χ0) is 24.8. The van der Waals surface area contributed by atoms with Crippen molar-refractivity contribution in [2.75, 3.05) is 13.2 Å². The van der Waals surface area contributed by atoms with Crippen LogP contribution < -0.4 is 9.47 Å². The number of Topliss-reactive ketones (excluding diaryl/α,β-unsaturated/α-hetero) is 1. The number of benzene rings is 2. The van der Waals surface area contributed by atoms with Crippen LogP contribution in [0.25, 0.3) is 11.0 Å². The van der Waals surface area contributed by atoms with Gasteiger partial charge in [0.15, 0.2) is 11.5 Å². The average Bonchev–Trinajstić information content (AvgIpc) is 3.15. The number of furan rings is 1. The SMILES string of the molecule is C=CCc1cc(C)c2oc(C(=O)O)c(OCCCOc3ccc(C(C)=O)c(O)c3CCC)c2c1. The molecule has 0 aliphatic carbocycles. The van der Waals surface area contributed by atoms with Gasteiger partial charge in [0.25, 0.3) is 5.76 Å². The monoisotopic (exact) mass is 466 g/mol. The Morgan fingerprint density at radius 3 is 2.56 bits per heavy atom. The Hall–Kier alpha value is -3.74. The van der Waals surface area contributed by atoms with Crippen molar-refractivity contribution in [1.29, 1.82) is 0 Å². The van der Waals surface area contributed by atoms with Crippen LogP contribution in [-0.4, -0.2) is 35.2 Å². The first-order valence-electron chi connectivity index (χ1n) is 11.3. The van der Waals surface area contributed by atoms with Gasteiger partial charge < -0.3 is 24.1 Å². The number of aryl methyl sites for hydroxylation is 1. The fourth-order valence-corrected chi connectivity index (χ4v) is 3.94. The van der Waals surface area contributed by atoms with Crippen LogP contribution in [0.5, 0.6) is 17.2 Å². The van der Waals surface area contributed by atoms with Gasteiger partial charge in [-0.05, 0) is 56.0 Å². The number of ketones is 1. The van der Waals surface area contributed by atoms with E-state index < -0.39 is 5.97 Å². The van der Waals surface area contributed by atoms with Crippen LogP contribution in [0.3, 0.4) is 0 Å². The molecule has 0 atom stereocenters. The lowest BCUT2D eigenvalue weighted by Gasteiger charge is -2.15. The van der Waals surface area contributed by atoms with E-state index in [1.54, 1.807) is 18.2 Å². The number of carboxylic acids is 1. The molecule has 0 bridgehead atoms. The maximum Gasteiger partial charge on any atom is 0.375 e. The number of ether oxygens (including phenoxy) is 2. The largest absolute Gasteiger partial charge is 0.507 e. The van der Waals surface area contributed by atoms with Crippen molar-refractivity contribution in [3.8, 4) is 17.2 Å². The molecule has 3 aromatic rings. The van der Waals surface area contributed by atoms with Gasteiger partial charge in [0.05, 0.1) is 24.2 Å². The molecule has 7 nitrogen and oxygen atoms in total. The van der Waals surface area contributed by atoms with Gasteiger partial charge in [0.1, 0.15) is 17.1 Å². The molecule has 0 saturated heterocycles. The number of aromatic hydroxyl groups is 1. The zero-order valence-corrected chi connectivity index (χ0v) is 19.8. The molecule has 1 heterocycles. The lowest BCUT2D eigenvalue weighted by atomic mass is 10.0. The first-order chi connectivity index (χ1) is 16.3. The van der Waals surface area contributed by atoms with Gasteiger partial charge in [-0.2, -0.15) is 0 Å². The predicted octanol–water partition coefficient (Wildman–Crippen LogP) is 5.88. The normalized spacial score (nSPS) is 10.9. The number of carbonyl (C=O) groups excluding carboxylic acids is 1. The van der Waals surface area contributed by atoms with E-state index in [1.807, 2.05) is 26.0 Å². The summed E-state index contributed by atoms with van der Waals surface area (Å²) in [6, 6.07) is 7.06. The molecule has 0 fully saturated rings. The topological polar surface area (TPSA) is 106 Å². The lowest BCUT2D eigenvalue weighted by molar-refractivity contribution is 0.0658. The molecule has 34 heavy (non-hydrogen) atoms. The minimum atomic E-state index is -1.20. The Morgan fingerprint density at radius 2 is 1.91 bits per heavy atom. The number of hydrogen-bond acceptors (Lipinski definition) is 6. The van der Waals surface area contributed by atoms with Gasteiger partial charge in [-0.25, -0.2) is 4.79 Å². The number of phenolic OH excluding ortho intramolecular Hbond substituents is 1. The van der Waals surface area contributed by atoms with Crippen molar-refractivity contribution in [3.63, 3.8) is 0 Å². The fraction of sp³-hybridized carbons (Fsp3) is 0.333. The highest BCUT2D eigenvalue weighted by Gasteiger charge is 2.23. The Kier molecular flexibility index (Phi) is 7.99. The van der Waals surface area contributed by atoms with E-state index in [1.165, 1.54) is 6.92 Å². The number of phenols is 1.